The summed E-state index contributed by atoms with van der Waals surface area (Å²) < 4.78 is 20.6. The van der Waals surface area contributed by atoms with Crippen molar-refractivity contribution < 1.29 is 13.9 Å². The van der Waals surface area contributed by atoms with Crippen LogP contribution in [-0.2, 0) is 16.2 Å². The highest BCUT2D eigenvalue weighted by molar-refractivity contribution is 6.09. The molecule has 8 aromatic carbocycles. The van der Waals surface area contributed by atoms with Gasteiger partial charge in [0.15, 0.2) is 5.75 Å². The van der Waals surface area contributed by atoms with Crippen molar-refractivity contribution in [3.05, 3.63) is 220 Å². The average molecular weight is 870 g/mol. The fourth-order valence-corrected chi connectivity index (χ4v) is 11.9. The van der Waals surface area contributed by atoms with Gasteiger partial charge in [0.1, 0.15) is 28.4 Å². The maximum absolute atomic E-state index is 7.11. The molecule has 0 saturated carbocycles. The van der Waals surface area contributed by atoms with Crippen molar-refractivity contribution >= 4 is 38.8 Å². The van der Waals surface area contributed by atoms with Crippen molar-refractivity contribution in [2.75, 3.05) is 5.32 Å². The Morgan fingerprint density at radius 1 is 0.463 bits per heavy atom. The van der Waals surface area contributed by atoms with Gasteiger partial charge in [-0.3, -0.25) is 0 Å². The Hall–Kier alpha value is -7.56. The van der Waals surface area contributed by atoms with Crippen molar-refractivity contribution in [2.45, 2.75) is 70.3 Å². The van der Waals surface area contributed by atoms with Crippen molar-refractivity contribution in [2.24, 2.45) is 0 Å². The largest absolute Gasteiger partial charge is 0.457 e. The zero-order valence-electron chi connectivity index (χ0n) is 38.8. The van der Waals surface area contributed by atoms with Crippen molar-refractivity contribution in [3.8, 4) is 45.3 Å². The number of hydrogen-bond donors (Lipinski definition) is 1. The molecule has 4 heteroatoms. The summed E-state index contributed by atoms with van der Waals surface area (Å²) >= 11 is 0. The summed E-state index contributed by atoms with van der Waals surface area (Å²) in [5.41, 5.74) is 19.0. The molecule has 0 radical (unpaired) electrons. The van der Waals surface area contributed by atoms with Crippen LogP contribution in [0.4, 0.5) is 5.69 Å². The van der Waals surface area contributed by atoms with E-state index in [-0.39, 0.29) is 22.3 Å². The molecule has 4 nitrogen and oxygen atoms in total. The van der Waals surface area contributed by atoms with Gasteiger partial charge in [-0.15, -0.1) is 0 Å². The normalized spacial score (nSPS) is 17.7. The lowest BCUT2D eigenvalue weighted by Crippen LogP contribution is -2.27. The lowest BCUT2D eigenvalue weighted by atomic mass is 9.74. The van der Waals surface area contributed by atoms with E-state index in [4.69, 9.17) is 13.9 Å². The van der Waals surface area contributed by atoms with Crippen molar-refractivity contribution in [1.82, 2.24) is 0 Å². The van der Waals surface area contributed by atoms with E-state index in [0.29, 0.717) is 0 Å². The van der Waals surface area contributed by atoms with Crippen LogP contribution in [0.25, 0.3) is 55.3 Å². The Bertz CT molecular complexity index is 3630. The Morgan fingerprint density at radius 2 is 1.06 bits per heavy atom. The van der Waals surface area contributed by atoms with E-state index in [0.717, 1.165) is 79.3 Å². The Morgan fingerprint density at radius 3 is 1.88 bits per heavy atom. The number of hydrogen-bond acceptors (Lipinski definition) is 4. The standard InChI is InChI=1S/C63H51NO3/c1-61(2)48-20-9-7-16-44(48)45-28-26-37(35-53(45)61)39-32-40(43-18-15-19-47-46-17-8-12-23-54(46)66-59(43)47)34-41(33-39)64-58-42(29-31-52-60(58)67-56-25-14-11-22-50(56)63(52,5)6)38-27-30-51-57(36-38)65-55-24-13-10-21-49(55)62(51,3)4/h7-33,35-36,41,64H,34H2,1-6H3. The number of nitrogens with one attached hydrogen (secondary N) is 1. The average Bonchev–Trinajstić information content (AvgIpc) is 3.83. The van der Waals surface area contributed by atoms with Crippen LogP contribution in [0.5, 0.6) is 23.0 Å². The number of para-hydroxylation sites is 4. The van der Waals surface area contributed by atoms with Gasteiger partial charge in [0.05, 0.1) is 5.69 Å². The number of rotatable bonds is 5. The zero-order chi connectivity index (χ0) is 45.4. The van der Waals surface area contributed by atoms with Gasteiger partial charge in [-0.05, 0) is 81.3 Å². The SMILES string of the molecule is CC1(C)c2ccccc2Oc2cc(-c3ccc4c(c3NC3C=C(c5ccc6c(c5)C(C)(C)c5ccccc5-6)C=C(c5cccc6c5oc5ccccc56)C3)Oc3ccccc3C4(C)C)ccc21. The molecular formula is C63H51NO3. The Balaban J connectivity index is 0.989. The first-order valence-corrected chi connectivity index (χ1v) is 23.7. The minimum atomic E-state index is -0.309. The monoisotopic (exact) mass is 869 g/mol. The minimum absolute atomic E-state index is 0.123. The van der Waals surface area contributed by atoms with E-state index in [9.17, 15) is 0 Å². The second kappa shape index (κ2) is 14.2. The summed E-state index contributed by atoms with van der Waals surface area (Å²) in [6, 6.07) is 59.0. The molecule has 0 saturated heterocycles. The molecular weight excluding hydrogens is 819 g/mol. The molecule has 2 aliphatic carbocycles. The highest BCUT2D eigenvalue weighted by Gasteiger charge is 2.39. The highest BCUT2D eigenvalue weighted by Crippen LogP contribution is 2.56. The van der Waals surface area contributed by atoms with Gasteiger partial charge in [-0.1, -0.05) is 187 Å². The lowest BCUT2D eigenvalue weighted by Gasteiger charge is -2.37. The molecule has 1 unspecified atom stereocenters. The highest BCUT2D eigenvalue weighted by atomic mass is 16.5. The van der Waals surface area contributed by atoms with E-state index in [1.165, 1.54) is 55.7 Å². The number of anilines is 1. The number of benzene rings is 8. The van der Waals surface area contributed by atoms with Gasteiger partial charge in [0, 0.05) is 66.4 Å². The predicted octanol–water partition coefficient (Wildman–Crippen LogP) is 16.8. The minimum Gasteiger partial charge on any atom is -0.457 e. The molecule has 2 aliphatic heterocycles. The molecule has 0 spiro atoms. The van der Waals surface area contributed by atoms with Crippen LogP contribution in [0, 0.1) is 0 Å². The molecule has 67 heavy (non-hydrogen) atoms. The van der Waals surface area contributed by atoms with Crippen LogP contribution >= 0.6 is 0 Å². The first kappa shape index (κ1) is 39.8. The molecule has 0 bridgehead atoms. The third-order valence-electron chi connectivity index (χ3n) is 15.5. The maximum atomic E-state index is 7.11. The smallest absolute Gasteiger partial charge is 0.155 e. The summed E-state index contributed by atoms with van der Waals surface area (Å²) in [6.45, 7) is 13.9. The summed E-state index contributed by atoms with van der Waals surface area (Å²) in [5.74, 6) is 3.52. The van der Waals surface area contributed by atoms with E-state index < -0.39 is 0 Å². The van der Waals surface area contributed by atoms with E-state index in [2.05, 4.69) is 217 Å². The maximum Gasteiger partial charge on any atom is 0.155 e. The Kier molecular flexibility index (Phi) is 8.44. The molecule has 0 fully saturated rings. The van der Waals surface area contributed by atoms with Crippen LogP contribution in [0.15, 0.2) is 180 Å². The second-order valence-electron chi connectivity index (χ2n) is 20.5. The predicted molar refractivity (Wildman–Crippen MR) is 275 cm³/mol. The Labute approximate surface area is 392 Å². The molecule has 9 aromatic rings. The molecule has 326 valence electrons. The summed E-state index contributed by atoms with van der Waals surface area (Å²) in [7, 11) is 0. The van der Waals surface area contributed by atoms with Gasteiger partial charge < -0.3 is 19.2 Å². The number of allylic oxidation sites excluding steroid dienone is 2. The van der Waals surface area contributed by atoms with Crippen LogP contribution in [-0.4, -0.2) is 6.04 Å². The molecule has 0 amide bonds. The second-order valence-corrected chi connectivity index (χ2v) is 20.5. The van der Waals surface area contributed by atoms with Crippen LogP contribution in [0.3, 0.4) is 0 Å². The van der Waals surface area contributed by atoms with E-state index in [1.54, 1.807) is 0 Å². The molecule has 4 aliphatic rings. The van der Waals surface area contributed by atoms with Gasteiger partial charge in [-0.25, -0.2) is 0 Å². The number of fused-ring (bicyclic) bond motifs is 10. The third-order valence-corrected chi connectivity index (χ3v) is 15.5. The fourth-order valence-electron chi connectivity index (χ4n) is 11.9. The van der Waals surface area contributed by atoms with E-state index in [1.807, 2.05) is 6.07 Å². The number of ether oxygens (including phenoxy) is 2. The van der Waals surface area contributed by atoms with Gasteiger partial charge in [0.2, 0.25) is 0 Å². The first-order valence-electron chi connectivity index (χ1n) is 23.7. The third kappa shape index (κ3) is 5.91. The van der Waals surface area contributed by atoms with Crippen molar-refractivity contribution in [3.63, 3.8) is 0 Å². The molecule has 1 atom stereocenters. The van der Waals surface area contributed by atoms with Crippen LogP contribution < -0.4 is 14.8 Å². The first-order chi connectivity index (χ1) is 32.4. The quantitative estimate of drug-likeness (QED) is 0.187. The summed E-state index contributed by atoms with van der Waals surface area (Å²) in [4.78, 5) is 0. The van der Waals surface area contributed by atoms with Gasteiger partial charge in [-0.2, -0.15) is 0 Å². The molecule has 1 N–H and O–H groups in total. The van der Waals surface area contributed by atoms with Gasteiger partial charge >= 0.3 is 0 Å². The fraction of sp³-hybridized carbons (Fsp3) is 0.175. The van der Waals surface area contributed by atoms with Gasteiger partial charge in [0.25, 0.3) is 0 Å². The van der Waals surface area contributed by atoms with Crippen LogP contribution in [0.1, 0.15) is 92.5 Å². The van der Waals surface area contributed by atoms with Crippen LogP contribution in [0.2, 0.25) is 0 Å². The number of furan rings is 1. The molecule has 1 aromatic heterocycles. The topological polar surface area (TPSA) is 43.6 Å². The summed E-state index contributed by atoms with van der Waals surface area (Å²) in [5, 5.41) is 6.45. The summed E-state index contributed by atoms with van der Waals surface area (Å²) in [6.07, 6.45) is 5.55. The lowest BCUT2D eigenvalue weighted by molar-refractivity contribution is 0.417. The van der Waals surface area contributed by atoms with E-state index >= 15 is 0 Å². The molecule has 3 heterocycles. The van der Waals surface area contributed by atoms with Crippen molar-refractivity contribution in [1.29, 1.82) is 0 Å². The zero-order valence-corrected chi connectivity index (χ0v) is 38.8. The molecule has 13 rings (SSSR count).